The number of hydrogen-bond donors (Lipinski definition) is 1. The number of benzene rings is 1. The zero-order chi connectivity index (χ0) is 18.4. The molecule has 0 atom stereocenters. The molecule has 1 aliphatic rings. The smallest absolute Gasteiger partial charge is 0.322 e. The summed E-state index contributed by atoms with van der Waals surface area (Å²) in [5.74, 6) is 1.27. The van der Waals surface area contributed by atoms with E-state index in [9.17, 15) is 4.79 Å². The van der Waals surface area contributed by atoms with E-state index in [4.69, 9.17) is 9.47 Å². The van der Waals surface area contributed by atoms with E-state index in [0.717, 1.165) is 26.2 Å². The molecule has 2 aromatic rings. The van der Waals surface area contributed by atoms with Crippen molar-refractivity contribution in [2.24, 2.45) is 0 Å². The minimum absolute atomic E-state index is 0.111. The maximum atomic E-state index is 12.5. The Bertz CT molecular complexity index is 712. The van der Waals surface area contributed by atoms with Crippen molar-refractivity contribution in [1.29, 1.82) is 0 Å². The summed E-state index contributed by atoms with van der Waals surface area (Å²) < 4.78 is 12.4. The average Bonchev–Trinajstić information content (AvgIpc) is 3.20. The molecule has 3 rings (SSSR count). The molecule has 1 fully saturated rings. The molecule has 0 unspecified atom stereocenters. The first-order valence-electron chi connectivity index (χ1n) is 8.67. The normalized spacial score (nSPS) is 14.9. The largest absolute Gasteiger partial charge is 0.497 e. The molecule has 1 N–H and O–H groups in total. The van der Waals surface area contributed by atoms with Crippen LogP contribution in [0.3, 0.4) is 0 Å². The van der Waals surface area contributed by atoms with Gasteiger partial charge in [0, 0.05) is 51.2 Å². The number of hydrogen-bond acceptors (Lipinski definition) is 5. The third kappa shape index (κ3) is 4.45. The molecule has 2 amide bonds. The first-order chi connectivity index (χ1) is 12.7. The number of methoxy groups -OCH3 is 2. The zero-order valence-corrected chi connectivity index (χ0v) is 15.2. The van der Waals surface area contributed by atoms with Crippen LogP contribution in [0.25, 0.3) is 0 Å². The van der Waals surface area contributed by atoms with Crippen LogP contribution in [-0.4, -0.2) is 72.6 Å². The fourth-order valence-electron chi connectivity index (χ4n) is 2.95. The lowest BCUT2D eigenvalue weighted by Gasteiger charge is -2.34. The number of piperazine rings is 1. The van der Waals surface area contributed by atoms with Crippen LogP contribution >= 0.6 is 0 Å². The second-order valence-corrected chi connectivity index (χ2v) is 6.09. The van der Waals surface area contributed by atoms with Gasteiger partial charge in [-0.25, -0.2) is 4.79 Å². The number of aromatic nitrogens is 2. The molecule has 26 heavy (non-hydrogen) atoms. The summed E-state index contributed by atoms with van der Waals surface area (Å²) in [6, 6.07) is 7.15. The van der Waals surface area contributed by atoms with Crippen LogP contribution in [0.5, 0.6) is 11.5 Å². The molecular formula is C18H25N5O3. The Labute approximate surface area is 153 Å². The third-order valence-corrected chi connectivity index (χ3v) is 4.51. The lowest BCUT2D eigenvalue weighted by molar-refractivity contribution is 0.143. The van der Waals surface area contributed by atoms with Crippen molar-refractivity contribution in [3.63, 3.8) is 0 Å². The van der Waals surface area contributed by atoms with Crippen LogP contribution in [0.2, 0.25) is 0 Å². The summed E-state index contributed by atoms with van der Waals surface area (Å²) in [6.07, 6.45) is 3.75. The van der Waals surface area contributed by atoms with Crippen molar-refractivity contribution < 1.29 is 14.3 Å². The number of nitrogens with one attached hydrogen (secondary N) is 1. The predicted molar refractivity (Wildman–Crippen MR) is 98.8 cm³/mol. The van der Waals surface area contributed by atoms with Gasteiger partial charge in [-0.15, -0.1) is 0 Å². The monoisotopic (exact) mass is 359 g/mol. The summed E-state index contributed by atoms with van der Waals surface area (Å²) in [7, 11) is 3.17. The lowest BCUT2D eigenvalue weighted by atomic mass is 10.2. The van der Waals surface area contributed by atoms with Gasteiger partial charge in [0.15, 0.2) is 0 Å². The molecule has 1 saturated heterocycles. The van der Waals surface area contributed by atoms with Gasteiger partial charge in [-0.3, -0.25) is 9.58 Å². The fourth-order valence-corrected chi connectivity index (χ4v) is 2.95. The second-order valence-electron chi connectivity index (χ2n) is 6.09. The van der Waals surface area contributed by atoms with Gasteiger partial charge in [0.2, 0.25) is 0 Å². The molecule has 0 aliphatic carbocycles. The van der Waals surface area contributed by atoms with Crippen LogP contribution in [-0.2, 0) is 6.54 Å². The molecular weight excluding hydrogens is 334 g/mol. The van der Waals surface area contributed by atoms with E-state index in [0.29, 0.717) is 30.3 Å². The molecule has 8 nitrogen and oxygen atoms in total. The number of urea groups is 1. The summed E-state index contributed by atoms with van der Waals surface area (Å²) in [4.78, 5) is 16.7. The van der Waals surface area contributed by atoms with Gasteiger partial charge >= 0.3 is 6.03 Å². The van der Waals surface area contributed by atoms with Crippen molar-refractivity contribution in [1.82, 2.24) is 19.6 Å². The highest BCUT2D eigenvalue weighted by Gasteiger charge is 2.21. The zero-order valence-electron chi connectivity index (χ0n) is 15.2. The highest BCUT2D eigenvalue weighted by molar-refractivity contribution is 5.91. The number of carbonyl (C=O) groups is 1. The minimum Gasteiger partial charge on any atom is -0.497 e. The van der Waals surface area contributed by atoms with Gasteiger partial charge in [0.05, 0.1) is 26.5 Å². The van der Waals surface area contributed by atoms with Crippen molar-refractivity contribution >= 4 is 11.7 Å². The van der Waals surface area contributed by atoms with Crippen LogP contribution < -0.4 is 14.8 Å². The number of carbonyl (C=O) groups excluding carboxylic acids is 1. The quantitative estimate of drug-likeness (QED) is 0.851. The Morgan fingerprint density at radius 3 is 2.62 bits per heavy atom. The molecule has 140 valence electrons. The SMILES string of the molecule is COc1ccc(NC(=O)N2CCN(CCn3cccn3)CC2)c(OC)c1. The molecule has 2 heterocycles. The molecule has 1 aliphatic heterocycles. The van der Waals surface area contributed by atoms with Gasteiger partial charge in [-0.2, -0.15) is 5.10 Å². The van der Waals surface area contributed by atoms with E-state index in [-0.39, 0.29) is 6.03 Å². The molecule has 1 aromatic heterocycles. The standard InChI is InChI=1S/C18H25N5O3/c1-25-15-4-5-16(17(14-15)26-2)20-18(24)22-11-8-21(9-12-22)10-13-23-7-3-6-19-23/h3-7,14H,8-13H2,1-2H3,(H,20,24). The summed E-state index contributed by atoms with van der Waals surface area (Å²) >= 11 is 0. The Morgan fingerprint density at radius 2 is 1.96 bits per heavy atom. The highest BCUT2D eigenvalue weighted by atomic mass is 16.5. The van der Waals surface area contributed by atoms with Crippen LogP contribution in [0.4, 0.5) is 10.5 Å². The number of amides is 2. The number of anilines is 1. The van der Waals surface area contributed by atoms with E-state index in [2.05, 4.69) is 15.3 Å². The maximum Gasteiger partial charge on any atom is 0.322 e. The Balaban J connectivity index is 1.49. The van der Waals surface area contributed by atoms with E-state index in [1.165, 1.54) is 0 Å². The lowest BCUT2D eigenvalue weighted by Crippen LogP contribution is -2.50. The Hall–Kier alpha value is -2.74. The number of ether oxygens (including phenoxy) is 2. The maximum absolute atomic E-state index is 12.5. The minimum atomic E-state index is -0.111. The molecule has 1 aromatic carbocycles. The summed E-state index contributed by atoms with van der Waals surface area (Å²) in [5.41, 5.74) is 0.638. The Morgan fingerprint density at radius 1 is 1.15 bits per heavy atom. The van der Waals surface area contributed by atoms with E-state index in [1.54, 1.807) is 38.6 Å². The van der Waals surface area contributed by atoms with Gasteiger partial charge in [-0.1, -0.05) is 0 Å². The molecule has 0 saturated carbocycles. The predicted octanol–water partition coefficient (Wildman–Crippen LogP) is 1.75. The summed E-state index contributed by atoms with van der Waals surface area (Å²) in [6.45, 7) is 4.90. The molecule has 8 heteroatoms. The molecule has 0 spiro atoms. The van der Waals surface area contributed by atoms with Crippen molar-refractivity contribution in [2.45, 2.75) is 6.54 Å². The van der Waals surface area contributed by atoms with Crippen molar-refractivity contribution in [2.75, 3.05) is 52.3 Å². The van der Waals surface area contributed by atoms with Gasteiger partial charge in [0.1, 0.15) is 11.5 Å². The van der Waals surface area contributed by atoms with Crippen molar-refractivity contribution in [3.05, 3.63) is 36.7 Å². The first-order valence-corrected chi connectivity index (χ1v) is 8.67. The fraction of sp³-hybridized carbons (Fsp3) is 0.444. The third-order valence-electron chi connectivity index (χ3n) is 4.51. The molecule has 0 bridgehead atoms. The molecule has 0 radical (unpaired) electrons. The van der Waals surface area contributed by atoms with Gasteiger partial charge in [0.25, 0.3) is 0 Å². The first kappa shape index (κ1) is 18.1. The highest BCUT2D eigenvalue weighted by Crippen LogP contribution is 2.29. The van der Waals surface area contributed by atoms with E-state index in [1.807, 2.05) is 21.8 Å². The van der Waals surface area contributed by atoms with E-state index < -0.39 is 0 Å². The van der Waals surface area contributed by atoms with Crippen LogP contribution in [0.15, 0.2) is 36.7 Å². The van der Waals surface area contributed by atoms with Crippen LogP contribution in [0.1, 0.15) is 0 Å². The second kappa shape index (κ2) is 8.57. The summed E-state index contributed by atoms with van der Waals surface area (Å²) in [5, 5.41) is 7.14. The number of nitrogens with zero attached hydrogens (tertiary/aromatic N) is 4. The van der Waals surface area contributed by atoms with Crippen LogP contribution in [0, 0.1) is 0 Å². The Kier molecular flexibility index (Phi) is 5.96. The average molecular weight is 359 g/mol. The topological polar surface area (TPSA) is 71.9 Å². The van der Waals surface area contributed by atoms with Gasteiger partial charge < -0.3 is 19.7 Å². The van der Waals surface area contributed by atoms with Crippen molar-refractivity contribution in [3.8, 4) is 11.5 Å². The van der Waals surface area contributed by atoms with E-state index >= 15 is 0 Å². The number of rotatable bonds is 6. The van der Waals surface area contributed by atoms with Gasteiger partial charge in [-0.05, 0) is 18.2 Å².